The van der Waals surface area contributed by atoms with Crippen LogP contribution in [0.5, 0.6) is 0 Å². The highest BCUT2D eigenvalue weighted by molar-refractivity contribution is 7.80. The minimum atomic E-state index is -0.507. The van der Waals surface area contributed by atoms with E-state index in [1.807, 2.05) is 51.1 Å². The molecule has 4 N–H and O–H groups in total. The van der Waals surface area contributed by atoms with Crippen molar-refractivity contribution in [1.29, 1.82) is 0 Å². The molecule has 0 unspecified atom stereocenters. The van der Waals surface area contributed by atoms with Crippen LogP contribution in [0.2, 0.25) is 0 Å². The van der Waals surface area contributed by atoms with Crippen LogP contribution >= 0.6 is 12.6 Å². The second-order valence-electron chi connectivity index (χ2n) is 7.50. The van der Waals surface area contributed by atoms with Crippen LogP contribution in [0.3, 0.4) is 0 Å². The highest BCUT2D eigenvalue weighted by Gasteiger charge is 2.15. The van der Waals surface area contributed by atoms with E-state index in [1.54, 1.807) is 0 Å². The fourth-order valence-corrected chi connectivity index (χ4v) is 2.46. The second-order valence-corrected chi connectivity index (χ2v) is 7.95. The molecule has 0 saturated carbocycles. The summed E-state index contributed by atoms with van der Waals surface area (Å²) < 4.78 is 5.21. The number of carbonyl (C=O) groups is 1. The number of anilines is 3. The van der Waals surface area contributed by atoms with E-state index < -0.39 is 11.7 Å². The molecule has 1 heterocycles. The number of benzene rings is 1. The first-order valence-corrected chi connectivity index (χ1v) is 10.6. The lowest BCUT2D eigenvalue weighted by Gasteiger charge is -2.19. The molecule has 30 heavy (non-hydrogen) atoms. The van der Waals surface area contributed by atoms with Gasteiger partial charge in [-0.2, -0.15) is 27.6 Å². The van der Waals surface area contributed by atoms with E-state index in [9.17, 15) is 4.79 Å². The van der Waals surface area contributed by atoms with Crippen LogP contribution in [0.4, 0.5) is 22.6 Å². The number of hydrogen-bond donors (Lipinski definition) is 5. The Morgan fingerprint density at radius 2 is 1.53 bits per heavy atom. The van der Waals surface area contributed by atoms with Gasteiger partial charge in [0.25, 0.3) is 0 Å². The Morgan fingerprint density at radius 1 is 0.933 bits per heavy atom. The van der Waals surface area contributed by atoms with Gasteiger partial charge in [0.2, 0.25) is 17.8 Å². The minimum absolute atomic E-state index is 0.423. The number of nitrogens with zero attached hydrogens (tertiary/aromatic N) is 3. The van der Waals surface area contributed by atoms with Crippen molar-refractivity contribution in [2.75, 3.05) is 41.3 Å². The van der Waals surface area contributed by atoms with E-state index in [0.717, 1.165) is 5.56 Å². The molecule has 164 valence electrons. The quantitative estimate of drug-likeness (QED) is 0.271. The third-order valence-electron chi connectivity index (χ3n) is 3.63. The summed E-state index contributed by atoms with van der Waals surface area (Å²) in [5, 5.41) is 12.2. The maximum absolute atomic E-state index is 11.7. The van der Waals surface area contributed by atoms with Crippen molar-refractivity contribution < 1.29 is 9.53 Å². The molecular weight excluding hydrogens is 402 g/mol. The molecule has 0 aliphatic heterocycles. The first-order chi connectivity index (χ1) is 14.4. The molecule has 10 heteroatoms. The number of nitrogens with one attached hydrogen (secondary N) is 4. The van der Waals surface area contributed by atoms with Crippen LogP contribution in [0.15, 0.2) is 30.3 Å². The zero-order chi connectivity index (χ0) is 21.8. The van der Waals surface area contributed by atoms with Gasteiger partial charge in [-0.3, -0.25) is 0 Å². The first kappa shape index (κ1) is 23.5. The van der Waals surface area contributed by atoms with Gasteiger partial charge in [0.1, 0.15) is 5.60 Å². The molecule has 0 radical (unpaired) electrons. The third-order valence-corrected chi connectivity index (χ3v) is 3.85. The van der Waals surface area contributed by atoms with Gasteiger partial charge in [-0.1, -0.05) is 30.3 Å². The summed E-state index contributed by atoms with van der Waals surface area (Å²) in [6.07, 6.45) is 0.269. The average Bonchev–Trinajstić information content (AvgIpc) is 2.70. The van der Waals surface area contributed by atoms with Gasteiger partial charge in [0.05, 0.1) is 0 Å². The van der Waals surface area contributed by atoms with E-state index in [2.05, 4.69) is 48.8 Å². The van der Waals surface area contributed by atoms with Crippen molar-refractivity contribution in [3.63, 3.8) is 0 Å². The largest absolute Gasteiger partial charge is 0.444 e. The van der Waals surface area contributed by atoms with E-state index in [4.69, 9.17) is 4.74 Å². The van der Waals surface area contributed by atoms with Crippen LogP contribution in [-0.4, -0.2) is 52.0 Å². The van der Waals surface area contributed by atoms with Crippen molar-refractivity contribution in [1.82, 2.24) is 20.3 Å². The zero-order valence-electron chi connectivity index (χ0n) is 17.7. The van der Waals surface area contributed by atoms with Gasteiger partial charge in [-0.25, -0.2) is 4.79 Å². The maximum atomic E-state index is 11.7. The topological polar surface area (TPSA) is 113 Å². The summed E-state index contributed by atoms with van der Waals surface area (Å²) in [7, 11) is 0. The Kier molecular flexibility index (Phi) is 9.46. The molecule has 1 aromatic heterocycles. The number of thiol groups is 1. The summed E-state index contributed by atoms with van der Waals surface area (Å²) in [6.45, 7) is 7.81. The smallest absolute Gasteiger partial charge is 0.407 e. The molecule has 0 fully saturated rings. The molecule has 0 spiro atoms. The molecule has 0 saturated heterocycles. The van der Waals surface area contributed by atoms with E-state index >= 15 is 0 Å². The number of carbonyl (C=O) groups excluding carboxylic acids is 1. The Hall–Kier alpha value is -2.75. The molecule has 0 atom stereocenters. The summed E-state index contributed by atoms with van der Waals surface area (Å²) in [5.74, 6) is 2.07. The SMILES string of the molecule is CC(C)(C)OC(=O)NCCCNc1nc(NCCS)nc(NCc2ccccc2)n1. The van der Waals surface area contributed by atoms with Gasteiger partial charge in [-0.15, -0.1) is 0 Å². The number of amides is 1. The van der Waals surface area contributed by atoms with Crippen LogP contribution in [0, 0.1) is 0 Å². The van der Waals surface area contributed by atoms with Crippen molar-refractivity contribution in [3.05, 3.63) is 35.9 Å². The molecule has 2 rings (SSSR count). The Labute approximate surface area is 183 Å². The third kappa shape index (κ3) is 9.64. The van der Waals surface area contributed by atoms with Gasteiger partial charge < -0.3 is 26.0 Å². The molecule has 9 nitrogen and oxygen atoms in total. The lowest BCUT2D eigenvalue weighted by molar-refractivity contribution is 0.0528. The van der Waals surface area contributed by atoms with Crippen molar-refractivity contribution in [2.24, 2.45) is 0 Å². The molecular formula is C20H31N7O2S. The maximum Gasteiger partial charge on any atom is 0.407 e. The van der Waals surface area contributed by atoms with E-state index in [1.165, 1.54) is 0 Å². The van der Waals surface area contributed by atoms with E-state index in [-0.39, 0.29) is 0 Å². The summed E-state index contributed by atoms with van der Waals surface area (Å²) in [4.78, 5) is 24.9. The van der Waals surface area contributed by atoms with Crippen molar-refractivity contribution in [3.8, 4) is 0 Å². The van der Waals surface area contributed by atoms with E-state index in [0.29, 0.717) is 56.2 Å². The highest BCUT2D eigenvalue weighted by atomic mass is 32.1. The second kappa shape index (κ2) is 12.1. The van der Waals surface area contributed by atoms with Gasteiger partial charge >= 0.3 is 6.09 Å². The average molecular weight is 434 g/mol. The highest BCUT2D eigenvalue weighted by Crippen LogP contribution is 2.11. The Bertz CT molecular complexity index is 784. The molecule has 0 aliphatic rings. The molecule has 2 aromatic rings. The minimum Gasteiger partial charge on any atom is -0.444 e. The number of rotatable bonds is 11. The first-order valence-electron chi connectivity index (χ1n) is 9.95. The van der Waals surface area contributed by atoms with Crippen LogP contribution in [-0.2, 0) is 11.3 Å². The predicted molar refractivity (Wildman–Crippen MR) is 123 cm³/mol. The van der Waals surface area contributed by atoms with Gasteiger partial charge in [0, 0.05) is 31.9 Å². The number of ether oxygens (including phenoxy) is 1. The standard InChI is InChI=1S/C20H31N7O2S/c1-20(2,3)29-19(28)23-11-7-10-21-16-25-17(22-12-13-30)27-18(26-16)24-14-15-8-5-4-6-9-15/h4-6,8-9,30H,7,10-14H2,1-3H3,(H,23,28)(H3,21,22,24,25,26,27). The summed E-state index contributed by atoms with van der Waals surface area (Å²) >= 11 is 4.20. The number of hydrogen-bond acceptors (Lipinski definition) is 9. The van der Waals surface area contributed by atoms with Gasteiger partial charge in [-0.05, 0) is 32.8 Å². The Morgan fingerprint density at radius 3 is 2.13 bits per heavy atom. The molecule has 0 bridgehead atoms. The summed E-state index contributed by atoms with van der Waals surface area (Å²) in [6, 6.07) is 10.0. The summed E-state index contributed by atoms with van der Waals surface area (Å²) in [5.41, 5.74) is 0.623. The number of alkyl carbamates (subject to hydrolysis) is 1. The predicted octanol–water partition coefficient (Wildman–Crippen LogP) is 3.15. The molecule has 0 aliphatic carbocycles. The molecule has 1 aromatic carbocycles. The fourth-order valence-electron chi connectivity index (χ4n) is 2.35. The zero-order valence-corrected chi connectivity index (χ0v) is 18.6. The van der Waals surface area contributed by atoms with Crippen LogP contribution < -0.4 is 21.3 Å². The van der Waals surface area contributed by atoms with Crippen LogP contribution in [0.25, 0.3) is 0 Å². The fraction of sp³-hybridized carbons (Fsp3) is 0.500. The van der Waals surface area contributed by atoms with Gasteiger partial charge in [0.15, 0.2) is 0 Å². The van der Waals surface area contributed by atoms with Crippen LogP contribution in [0.1, 0.15) is 32.8 Å². The van der Waals surface area contributed by atoms with Crippen molar-refractivity contribution in [2.45, 2.75) is 39.3 Å². The number of aromatic nitrogens is 3. The normalized spacial score (nSPS) is 10.9. The Balaban J connectivity index is 1.86. The lowest BCUT2D eigenvalue weighted by Crippen LogP contribution is -2.33. The lowest BCUT2D eigenvalue weighted by atomic mass is 10.2. The molecule has 1 amide bonds. The monoisotopic (exact) mass is 433 g/mol. The van der Waals surface area contributed by atoms with Crippen molar-refractivity contribution >= 4 is 36.6 Å².